The van der Waals surface area contributed by atoms with Gasteiger partial charge in [-0.05, 0) is 30.2 Å². The number of anilines is 1. The van der Waals surface area contributed by atoms with Gasteiger partial charge in [0.2, 0.25) is 0 Å². The summed E-state index contributed by atoms with van der Waals surface area (Å²) in [5.74, 6) is 0. The molecule has 2 nitrogen and oxygen atoms in total. The minimum Gasteiger partial charge on any atom is -0.399 e. The predicted octanol–water partition coefficient (Wildman–Crippen LogP) is 4.63. The van der Waals surface area contributed by atoms with E-state index in [1.807, 2.05) is 0 Å². The lowest BCUT2D eigenvalue weighted by atomic mass is 9.96. The number of hydrogen-bond acceptors (Lipinski definition) is 2. The summed E-state index contributed by atoms with van der Waals surface area (Å²) in [6, 6.07) is 8.53. The fourth-order valence-corrected chi connectivity index (χ4v) is 2.43. The topological polar surface area (TPSA) is 52.0 Å². The second-order valence-corrected chi connectivity index (χ2v) is 5.24. The Labute approximate surface area is 125 Å². The Balaban J connectivity index is 2.62. The molecule has 1 atom stereocenters. The fourth-order valence-electron chi connectivity index (χ4n) is 2.10. The monoisotopic (exact) mass is 314 g/mol. The zero-order valence-electron chi connectivity index (χ0n) is 11.2. The first-order chi connectivity index (χ1) is 9.70. The van der Waals surface area contributed by atoms with Crippen molar-refractivity contribution < 1.29 is 13.2 Å². The van der Waals surface area contributed by atoms with Crippen LogP contribution in [0.15, 0.2) is 36.4 Å². The second-order valence-electron chi connectivity index (χ2n) is 4.83. The van der Waals surface area contributed by atoms with Crippen molar-refractivity contribution in [2.75, 3.05) is 5.73 Å². The maximum atomic E-state index is 13.2. The van der Waals surface area contributed by atoms with E-state index in [2.05, 4.69) is 0 Å². The molecule has 2 rings (SSSR count). The van der Waals surface area contributed by atoms with E-state index >= 15 is 0 Å². The number of benzene rings is 2. The molecule has 0 fully saturated rings. The summed E-state index contributed by atoms with van der Waals surface area (Å²) in [5, 5.41) is -0.0316. The van der Waals surface area contributed by atoms with Gasteiger partial charge in [0, 0.05) is 17.3 Å². The molecular weight excluding hydrogens is 301 g/mol. The maximum Gasteiger partial charge on any atom is 0.417 e. The molecule has 112 valence electrons. The van der Waals surface area contributed by atoms with Gasteiger partial charge >= 0.3 is 6.18 Å². The lowest BCUT2D eigenvalue weighted by Crippen LogP contribution is -2.09. The van der Waals surface area contributed by atoms with Crippen LogP contribution in [0.2, 0.25) is 5.02 Å². The van der Waals surface area contributed by atoms with Crippen molar-refractivity contribution in [2.24, 2.45) is 5.73 Å². The molecule has 0 saturated heterocycles. The van der Waals surface area contributed by atoms with E-state index in [-0.39, 0.29) is 22.3 Å². The quantitative estimate of drug-likeness (QED) is 0.794. The van der Waals surface area contributed by atoms with E-state index in [1.165, 1.54) is 6.07 Å². The largest absolute Gasteiger partial charge is 0.417 e. The van der Waals surface area contributed by atoms with Crippen molar-refractivity contribution >= 4 is 17.3 Å². The summed E-state index contributed by atoms with van der Waals surface area (Å²) < 4.78 is 39.5. The Bertz CT molecular complexity index is 649. The zero-order chi connectivity index (χ0) is 15.8. The van der Waals surface area contributed by atoms with Crippen LogP contribution in [0, 0.1) is 0 Å². The van der Waals surface area contributed by atoms with Crippen LogP contribution in [0.25, 0.3) is 11.1 Å². The first-order valence-electron chi connectivity index (χ1n) is 6.22. The molecule has 0 aromatic heterocycles. The molecule has 2 aromatic carbocycles. The Morgan fingerprint density at radius 2 is 1.67 bits per heavy atom. The van der Waals surface area contributed by atoms with Crippen molar-refractivity contribution in [3.05, 3.63) is 52.5 Å². The number of hydrogen-bond donors (Lipinski definition) is 2. The summed E-state index contributed by atoms with van der Waals surface area (Å²) in [5.41, 5.74) is 11.5. The van der Waals surface area contributed by atoms with Crippen molar-refractivity contribution in [2.45, 2.75) is 19.1 Å². The van der Waals surface area contributed by atoms with Crippen LogP contribution in [-0.4, -0.2) is 0 Å². The molecule has 6 heteroatoms. The minimum atomic E-state index is -4.53. The number of halogens is 4. The summed E-state index contributed by atoms with van der Waals surface area (Å²) in [7, 11) is 0. The molecule has 0 spiro atoms. The van der Waals surface area contributed by atoms with Crippen molar-refractivity contribution in [3.63, 3.8) is 0 Å². The van der Waals surface area contributed by atoms with Gasteiger partial charge in [-0.25, -0.2) is 0 Å². The Morgan fingerprint density at radius 1 is 1.10 bits per heavy atom. The van der Waals surface area contributed by atoms with Crippen LogP contribution in [0.5, 0.6) is 0 Å². The van der Waals surface area contributed by atoms with Gasteiger partial charge in [-0.1, -0.05) is 35.9 Å². The van der Waals surface area contributed by atoms with Gasteiger partial charge in [-0.15, -0.1) is 0 Å². The molecule has 4 N–H and O–H groups in total. The van der Waals surface area contributed by atoms with Crippen LogP contribution in [0.3, 0.4) is 0 Å². The van der Waals surface area contributed by atoms with Crippen molar-refractivity contribution in [3.8, 4) is 11.1 Å². The van der Waals surface area contributed by atoms with Gasteiger partial charge in [-0.2, -0.15) is 13.2 Å². The lowest BCUT2D eigenvalue weighted by Gasteiger charge is -2.16. The third kappa shape index (κ3) is 3.31. The average Bonchev–Trinajstić information content (AvgIpc) is 2.37. The van der Waals surface area contributed by atoms with Crippen LogP contribution >= 0.6 is 11.6 Å². The van der Waals surface area contributed by atoms with Crippen LogP contribution in [-0.2, 0) is 6.18 Å². The molecule has 0 aliphatic carbocycles. The molecule has 0 heterocycles. The first-order valence-corrected chi connectivity index (χ1v) is 6.60. The molecule has 0 radical (unpaired) electrons. The van der Waals surface area contributed by atoms with Crippen molar-refractivity contribution in [1.29, 1.82) is 0 Å². The standard InChI is InChI=1S/C15H14ClF3N2/c1-8(20)9-2-4-10(5-3-9)14-12(15(17,18)19)6-11(21)7-13(14)16/h2-8H,20-21H2,1H3/t8-/m1/s1. The number of rotatable bonds is 2. The van der Waals surface area contributed by atoms with Gasteiger partial charge in [0.1, 0.15) is 0 Å². The smallest absolute Gasteiger partial charge is 0.399 e. The Hall–Kier alpha value is -1.72. The molecule has 0 aliphatic heterocycles. The summed E-state index contributed by atoms with van der Waals surface area (Å²) in [4.78, 5) is 0. The number of alkyl halides is 3. The SMILES string of the molecule is C[C@@H](N)c1ccc(-c2c(Cl)cc(N)cc2C(F)(F)F)cc1. The van der Waals surface area contributed by atoms with Gasteiger partial charge < -0.3 is 11.5 Å². The third-order valence-electron chi connectivity index (χ3n) is 3.14. The lowest BCUT2D eigenvalue weighted by molar-refractivity contribution is -0.137. The molecule has 2 aromatic rings. The van der Waals surface area contributed by atoms with E-state index in [0.717, 1.165) is 11.6 Å². The number of nitrogen functional groups attached to an aromatic ring is 1. The predicted molar refractivity (Wildman–Crippen MR) is 78.9 cm³/mol. The average molecular weight is 315 g/mol. The van der Waals surface area contributed by atoms with Crippen LogP contribution in [0.4, 0.5) is 18.9 Å². The van der Waals surface area contributed by atoms with E-state index < -0.39 is 11.7 Å². The molecule has 0 unspecified atom stereocenters. The summed E-state index contributed by atoms with van der Waals surface area (Å²) in [6.45, 7) is 1.80. The Kier molecular flexibility index (Phi) is 4.16. The van der Waals surface area contributed by atoms with Gasteiger partial charge in [-0.3, -0.25) is 0 Å². The highest BCUT2D eigenvalue weighted by Gasteiger charge is 2.35. The molecule has 0 bridgehead atoms. The van der Waals surface area contributed by atoms with Gasteiger partial charge in [0.05, 0.1) is 10.6 Å². The van der Waals surface area contributed by atoms with Crippen LogP contribution in [0.1, 0.15) is 24.1 Å². The minimum absolute atomic E-state index is 0.0247. The number of nitrogens with two attached hydrogens (primary N) is 2. The van der Waals surface area contributed by atoms with Crippen molar-refractivity contribution in [1.82, 2.24) is 0 Å². The zero-order valence-corrected chi connectivity index (χ0v) is 12.0. The first kappa shape index (κ1) is 15.7. The fraction of sp³-hybridized carbons (Fsp3) is 0.200. The van der Waals surface area contributed by atoms with Crippen LogP contribution < -0.4 is 11.5 Å². The van der Waals surface area contributed by atoms with Gasteiger partial charge in [0.25, 0.3) is 0 Å². The van der Waals surface area contributed by atoms with E-state index in [4.69, 9.17) is 23.1 Å². The highest BCUT2D eigenvalue weighted by Crippen LogP contribution is 2.42. The van der Waals surface area contributed by atoms with E-state index in [0.29, 0.717) is 5.56 Å². The molecule has 21 heavy (non-hydrogen) atoms. The van der Waals surface area contributed by atoms with E-state index in [1.54, 1.807) is 31.2 Å². The summed E-state index contributed by atoms with van der Waals surface area (Å²) >= 11 is 5.97. The van der Waals surface area contributed by atoms with E-state index in [9.17, 15) is 13.2 Å². The third-order valence-corrected chi connectivity index (χ3v) is 3.44. The Morgan fingerprint density at radius 3 is 2.14 bits per heavy atom. The molecule has 0 aliphatic rings. The molecular formula is C15H14ClF3N2. The molecule has 0 saturated carbocycles. The van der Waals surface area contributed by atoms with Gasteiger partial charge in [0.15, 0.2) is 0 Å². The highest BCUT2D eigenvalue weighted by atomic mass is 35.5. The second kappa shape index (κ2) is 5.58. The molecule has 0 amide bonds. The normalized spacial score (nSPS) is 13.2. The summed E-state index contributed by atoms with van der Waals surface area (Å²) in [6.07, 6.45) is -4.53. The maximum absolute atomic E-state index is 13.2. The highest BCUT2D eigenvalue weighted by molar-refractivity contribution is 6.33.